The fraction of sp³-hybridized carbons (Fsp3) is 0.786. The zero-order valence-corrected chi connectivity index (χ0v) is 22.8. The van der Waals surface area contributed by atoms with E-state index in [9.17, 15) is 5.11 Å². The molecule has 194 valence electrons. The number of nitrogens with two attached hydrogens (primary N) is 1. The first kappa shape index (κ1) is 32.7. The molecule has 1 unspecified atom stereocenters. The Hall–Kier alpha value is -0.320. The van der Waals surface area contributed by atoms with Gasteiger partial charge in [-0.3, -0.25) is 4.90 Å². The Balaban J connectivity index is 0.00000512. The Bertz CT molecular complexity index is 550. The normalized spacial score (nSPS) is 16.6. The number of hydrogen-bond donors (Lipinski definition) is 2. The van der Waals surface area contributed by atoms with Gasteiger partial charge in [0.15, 0.2) is 0 Å². The van der Waals surface area contributed by atoms with E-state index < -0.39 is 0 Å². The van der Waals surface area contributed by atoms with E-state index in [0.29, 0.717) is 6.54 Å². The number of hydrogen-bond acceptors (Lipinski definition) is 3. The van der Waals surface area contributed by atoms with Crippen molar-refractivity contribution in [2.75, 3.05) is 19.6 Å². The molecular weight excluding hydrogens is 451 g/mol. The summed E-state index contributed by atoms with van der Waals surface area (Å²) in [6, 6.07) is 10.7. The highest BCUT2D eigenvalue weighted by Gasteiger charge is 2.36. The predicted molar refractivity (Wildman–Crippen MR) is 149 cm³/mol. The van der Waals surface area contributed by atoms with Gasteiger partial charge in [0.1, 0.15) is 6.23 Å². The van der Waals surface area contributed by atoms with Crippen molar-refractivity contribution in [1.82, 2.24) is 4.90 Å². The third-order valence-electron chi connectivity index (χ3n) is 7.52. The van der Waals surface area contributed by atoms with Gasteiger partial charge in [-0.15, -0.1) is 24.8 Å². The quantitative estimate of drug-likeness (QED) is 0.215. The highest BCUT2D eigenvalue weighted by Crippen LogP contribution is 2.35. The van der Waals surface area contributed by atoms with Crippen molar-refractivity contribution in [2.24, 2.45) is 5.73 Å². The van der Waals surface area contributed by atoms with E-state index in [1.807, 2.05) is 0 Å². The monoisotopic (exact) mass is 502 g/mol. The molecule has 0 spiro atoms. The minimum Gasteiger partial charge on any atom is -0.378 e. The highest BCUT2D eigenvalue weighted by atomic mass is 35.5. The second kappa shape index (κ2) is 19.9. The number of nitrogens with zero attached hydrogens (tertiary/aromatic N) is 1. The van der Waals surface area contributed by atoms with Gasteiger partial charge in [0.25, 0.3) is 0 Å². The highest BCUT2D eigenvalue weighted by molar-refractivity contribution is 5.85. The van der Waals surface area contributed by atoms with Gasteiger partial charge in [-0.2, -0.15) is 0 Å². The van der Waals surface area contributed by atoms with Crippen LogP contribution in [0.1, 0.15) is 115 Å². The molecule has 1 heterocycles. The molecule has 1 aromatic carbocycles. The number of likely N-dealkylation sites (tertiary alicyclic amines) is 1. The van der Waals surface area contributed by atoms with E-state index >= 15 is 0 Å². The SMILES string of the molecule is CCCCCCCCCCCCCCCC(O)N1CCC(CN)(c2ccccc2)CC1.Cl.Cl. The van der Waals surface area contributed by atoms with Gasteiger partial charge in [-0.05, 0) is 31.2 Å². The first-order valence-electron chi connectivity index (χ1n) is 13.4. The lowest BCUT2D eigenvalue weighted by atomic mass is 9.73. The fourth-order valence-corrected chi connectivity index (χ4v) is 5.18. The maximum absolute atomic E-state index is 10.7. The van der Waals surface area contributed by atoms with Crippen molar-refractivity contribution in [3.63, 3.8) is 0 Å². The fourth-order valence-electron chi connectivity index (χ4n) is 5.18. The van der Waals surface area contributed by atoms with Crippen LogP contribution in [0, 0.1) is 0 Å². The molecule has 1 atom stereocenters. The number of unbranched alkanes of at least 4 members (excludes halogenated alkanes) is 12. The first-order valence-corrected chi connectivity index (χ1v) is 13.4. The van der Waals surface area contributed by atoms with Crippen LogP contribution in [-0.4, -0.2) is 35.9 Å². The number of rotatable bonds is 17. The van der Waals surface area contributed by atoms with Crippen LogP contribution >= 0.6 is 24.8 Å². The van der Waals surface area contributed by atoms with Gasteiger partial charge in [-0.25, -0.2) is 0 Å². The summed E-state index contributed by atoms with van der Waals surface area (Å²) in [4.78, 5) is 2.28. The molecule has 0 aliphatic carbocycles. The average molecular weight is 504 g/mol. The van der Waals surface area contributed by atoms with Gasteiger partial charge in [0.2, 0.25) is 0 Å². The molecule has 0 aromatic heterocycles. The van der Waals surface area contributed by atoms with Crippen molar-refractivity contribution in [3.05, 3.63) is 35.9 Å². The Labute approximate surface area is 217 Å². The van der Waals surface area contributed by atoms with Crippen LogP contribution < -0.4 is 5.73 Å². The summed E-state index contributed by atoms with van der Waals surface area (Å²) < 4.78 is 0. The standard InChI is InChI=1S/C28H50N2O.2ClH/c1-2-3-4-5-6-7-8-9-10-11-12-13-17-20-27(31)30-23-21-28(25-29,22-24-30)26-18-15-14-16-19-26;;/h14-16,18-19,27,31H,2-13,17,20-25,29H2,1H3;2*1H. The molecule has 1 fully saturated rings. The molecule has 0 saturated carbocycles. The van der Waals surface area contributed by atoms with Crippen LogP contribution in [0.25, 0.3) is 0 Å². The Morgan fingerprint density at radius 1 is 0.788 bits per heavy atom. The third-order valence-corrected chi connectivity index (χ3v) is 7.52. The second-order valence-corrected chi connectivity index (χ2v) is 9.90. The maximum atomic E-state index is 10.7. The minimum absolute atomic E-state index is 0. The first-order chi connectivity index (χ1) is 15.2. The molecule has 1 aliphatic rings. The molecule has 0 radical (unpaired) electrons. The van der Waals surface area contributed by atoms with Crippen molar-refractivity contribution < 1.29 is 5.11 Å². The van der Waals surface area contributed by atoms with E-state index in [1.165, 1.54) is 82.6 Å². The van der Waals surface area contributed by atoms with Crippen LogP contribution in [0.2, 0.25) is 0 Å². The van der Waals surface area contributed by atoms with Crippen LogP contribution in [-0.2, 0) is 5.41 Å². The zero-order chi connectivity index (χ0) is 22.2. The molecule has 3 nitrogen and oxygen atoms in total. The molecule has 5 heteroatoms. The lowest BCUT2D eigenvalue weighted by Crippen LogP contribution is -2.49. The molecule has 0 amide bonds. The van der Waals surface area contributed by atoms with Crippen LogP contribution in [0.4, 0.5) is 0 Å². The molecule has 33 heavy (non-hydrogen) atoms. The zero-order valence-electron chi connectivity index (χ0n) is 21.2. The Morgan fingerprint density at radius 3 is 1.70 bits per heavy atom. The van der Waals surface area contributed by atoms with Gasteiger partial charge in [0.05, 0.1) is 0 Å². The molecule has 1 aromatic rings. The van der Waals surface area contributed by atoms with Crippen molar-refractivity contribution >= 4 is 24.8 Å². The smallest absolute Gasteiger partial charge is 0.107 e. The van der Waals surface area contributed by atoms with Crippen LogP contribution in [0.3, 0.4) is 0 Å². The number of aliphatic hydroxyl groups excluding tert-OH is 1. The molecular formula is C28H52Cl2N2O. The predicted octanol–water partition coefficient (Wildman–Crippen LogP) is 7.62. The number of benzene rings is 1. The summed E-state index contributed by atoms with van der Waals surface area (Å²) in [6.07, 6.45) is 20.6. The molecule has 1 saturated heterocycles. The third kappa shape index (κ3) is 12.3. The lowest BCUT2D eigenvalue weighted by molar-refractivity contribution is -0.0272. The van der Waals surface area contributed by atoms with E-state index in [4.69, 9.17) is 5.73 Å². The van der Waals surface area contributed by atoms with Crippen LogP contribution in [0.5, 0.6) is 0 Å². The summed E-state index contributed by atoms with van der Waals surface area (Å²) in [5.41, 5.74) is 7.65. The van der Waals surface area contributed by atoms with Gasteiger partial charge < -0.3 is 10.8 Å². The average Bonchev–Trinajstić information content (AvgIpc) is 2.82. The molecule has 0 bridgehead atoms. The Morgan fingerprint density at radius 2 is 1.24 bits per heavy atom. The summed E-state index contributed by atoms with van der Waals surface area (Å²) in [5.74, 6) is 0. The second-order valence-electron chi connectivity index (χ2n) is 9.90. The Kier molecular flexibility index (Phi) is 19.7. The maximum Gasteiger partial charge on any atom is 0.107 e. The lowest BCUT2D eigenvalue weighted by Gasteiger charge is -2.43. The van der Waals surface area contributed by atoms with E-state index in [-0.39, 0.29) is 36.5 Å². The molecule has 1 aliphatic heterocycles. The largest absolute Gasteiger partial charge is 0.378 e. The van der Waals surface area contributed by atoms with Gasteiger partial charge in [0, 0.05) is 25.0 Å². The van der Waals surface area contributed by atoms with Crippen molar-refractivity contribution in [3.8, 4) is 0 Å². The molecule has 2 rings (SSSR count). The molecule has 3 N–H and O–H groups in total. The van der Waals surface area contributed by atoms with E-state index in [0.717, 1.165) is 38.8 Å². The summed E-state index contributed by atoms with van der Waals surface area (Å²) >= 11 is 0. The summed E-state index contributed by atoms with van der Waals surface area (Å²) in [5, 5.41) is 10.7. The minimum atomic E-state index is -0.278. The van der Waals surface area contributed by atoms with Gasteiger partial charge in [-0.1, -0.05) is 114 Å². The van der Waals surface area contributed by atoms with E-state index in [1.54, 1.807) is 0 Å². The number of aliphatic hydroxyl groups is 1. The summed E-state index contributed by atoms with van der Waals surface area (Å²) in [7, 11) is 0. The number of halogens is 2. The van der Waals surface area contributed by atoms with Crippen molar-refractivity contribution in [1.29, 1.82) is 0 Å². The van der Waals surface area contributed by atoms with Crippen molar-refractivity contribution in [2.45, 2.75) is 121 Å². The van der Waals surface area contributed by atoms with Crippen LogP contribution in [0.15, 0.2) is 30.3 Å². The number of piperidine rings is 1. The topological polar surface area (TPSA) is 49.5 Å². The van der Waals surface area contributed by atoms with Gasteiger partial charge >= 0.3 is 0 Å². The summed E-state index contributed by atoms with van der Waals surface area (Å²) in [6.45, 7) is 4.88. The van der Waals surface area contributed by atoms with E-state index in [2.05, 4.69) is 42.2 Å².